The first-order valence-corrected chi connectivity index (χ1v) is 9.41. The molecule has 2 aromatic carbocycles. The highest BCUT2D eigenvalue weighted by Crippen LogP contribution is 2.27. The van der Waals surface area contributed by atoms with Crippen LogP contribution in [0, 0.1) is 0 Å². The molecule has 0 atom stereocenters. The average Bonchev–Trinajstić information content (AvgIpc) is 2.75. The fourth-order valence-electron chi connectivity index (χ4n) is 3.12. The molecule has 0 radical (unpaired) electrons. The van der Waals surface area contributed by atoms with Crippen molar-refractivity contribution >= 4 is 28.4 Å². The van der Waals surface area contributed by atoms with E-state index in [1.54, 1.807) is 36.7 Å². The second kappa shape index (κ2) is 8.24. The maximum Gasteiger partial charge on any atom is 0.349 e. The summed E-state index contributed by atoms with van der Waals surface area (Å²) in [5.74, 6) is -0.290. The third-order valence-corrected chi connectivity index (χ3v) is 4.74. The number of nitrogens with one attached hydrogen (secondary N) is 1. The Kier molecular flexibility index (Phi) is 5.35. The summed E-state index contributed by atoms with van der Waals surface area (Å²) in [4.78, 5) is 33.5. The predicted molar refractivity (Wildman–Crippen MR) is 113 cm³/mol. The lowest BCUT2D eigenvalue weighted by atomic mass is 10.1. The van der Waals surface area contributed by atoms with Gasteiger partial charge in [0, 0.05) is 34.9 Å². The number of hydrogen-bond acceptors (Lipinski definition) is 4. The van der Waals surface area contributed by atoms with E-state index in [2.05, 4.69) is 15.3 Å². The highest BCUT2D eigenvalue weighted by molar-refractivity contribution is 6.31. The maximum atomic E-state index is 12.8. The zero-order valence-corrected chi connectivity index (χ0v) is 16.1. The van der Waals surface area contributed by atoms with Crippen LogP contribution in [-0.4, -0.2) is 20.4 Å². The van der Waals surface area contributed by atoms with Crippen molar-refractivity contribution in [1.82, 2.24) is 19.9 Å². The van der Waals surface area contributed by atoms with Crippen LogP contribution < -0.4 is 11.0 Å². The molecule has 4 aromatic rings. The van der Waals surface area contributed by atoms with Crippen LogP contribution in [0.25, 0.3) is 22.2 Å². The molecular formula is C22H17ClN4O2. The summed E-state index contributed by atoms with van der Waals surface area (Å²) in [6.07, 6.45) is 3.35. The van der Waals surface area contributed by atoms with Gasteiger partial charge in [-0.05, 0) is 29.8 Å². The zero-order valence-electron chi connectivity index (χ0n) is 15.4. The minimum Gasteiger partial charge on any atom is -0.350 e. The number of rotatable bonds is 5. The number of nitrogens with zero attached hydrogens (tertiary/aromatic N) is 3. The Bertz CT molecular complexity index is 1220. The van der Waals surface area contributed by atoms with Gasteiger partial charge in [0.25, 0.3) is 0 Å². The SMILES string of the molecule is O=C(Cn1c(=O)nc(-c2ccccc2)c2cc(Cl)ccc21)NCc1cccnc1. The van der Waals surface area contributed by atoms with Crippen molar-refractivity contribution in [3.63, 3.8) is 0 Å². The van der Waals surface area contributed by atoms with Crippen molar-refractivity contribution in [3.8, 4) is 11.3 Å². The number of halogens is 1. The molecule has 7 heteroatoms. The number of aromatic nitrogens is 3. The van der Waals surface area contributed by atoms with Crippen molar-refractivity contribution in [2.45, 2.75) is 13.1 Å². The zero-order chi connectivity index (χ0) is 20.2. The molecule has 4 rings (SSSR count). The molecule has 144 valence electrons. The molecular weight excluding hydrogens is 388 g/mol. The fraction of sp³-hybridized carbons (Fsp3) is 0.0909. The van der Waals surface area contributed by atoms with Crippen LogP contribution in [0.1, 0.15) is 5.56 Å². The maximum absolute atomic E-state index is 12.8. The van der Waals surface area contributed by atoms with Gasteiger partial charge < -0.3 is 5.32 Å². The minimum atomic E-state index is -0.491. The molecule has 29 heavy (non-hydrogen) atoms. The molecule has 0 aliphatic heterocycles. The molecule has 6 nitrogen and oxygen atoms in total. The Labute approximate surface area is 171 Å². The van der Waals surface area contributed by atoms with E-state index in [1.165, 1.54) is 4.57 Å². The molecule has 2 aromatic heterocycles. The number of pyridine rings is 1. The summed E-state index contributed by atoms with van der Waals surface area (Å²) in [5, 5.41) is 4.05. The summed E-state index contributed by atoms with van der Waals surface area (Å²) >= 11 is 6.19. The van der Waals surface area contributed by atoms with Gasteiger partial charge in [0.2, 0.25) is 5.91 Å². The Morgan fingerprint density at radius 3 is 2.66 bits per heavy atom. The van der Waals surface area contributed by atoms with E-state index >= 15 is 0 Å². The van der Waals surface area contributed by atoms with E-state index in [4.69, 9.17) is 11.6 Å². The van der Waals surface area contributed by atoms with Gasteiger partial charge in [-0.2, -0.15) is 4.98 Å². The van der Waals surface area contributed by atoms with E-state index in [1.807, 2.05) is 36.4 Å². The lowest BCUT2D eigenvalue weighted by Gasteiger charge is -2.13. The molecule has 0 spiro atoms. The monoisotopic (exact) mass is 404 g/mol. The van der Waals surface area contributed by atoms with Crippen molar-refractivity contribution in [2.75, 3.05) is 0 Å². The van der Waals surface area contributed by atoms with Crippen LogP contribution in [0.4, 0.5) is 0 Å². The molecule has 0 aliphatic carbocycles. The number of carbonyl (C=O) groups excluding carboxylic acids is 1. The van der Waals surface area contributed by atoms with Crippen molar-refractivity contribution in [3.05, 3.63) is 94.1 Å². The third-order valence-electron chi connectivity index (χ3n) is 4.50. The summed E-state index contributed by atoms with van der Waals surface area (Å²) in [7, 11) is 0. The molecule has 0 bridgehead atoms. The van der Waals surface area contributed by atoms with E-state index in [0.717, 1.165) is 11.1 Å². The molecule has 2 heterocycles. The fourth-order valence-corrected chi connectivity index (χ4v) is 3.30. The second-order valence-corrected chi connectivity index (χ2v) is 6.93. The van der Waals surface area contributed by atoms with Crippen molar-refractivity contribution in [2.24, 2.45) is 0 Å². The van der Waals surface area contributed by atoms with Gasteiger partial charge in [-0.25, -0.2) is 4.79 Å². The van der Waals surface area contributed by atoms with Gasteiger partial charge in [-0.1, -0.05) is 48.0 Å². The summed E-state index contributed by atoms with van der Waals surface area (Å²) in [5.41, 5.74) is 2.34. The van der Waals surface area contributed by atoms with Gasteiger partial charge >= 0.3 is 5.69 Å². The molecule has 0 fully saturated rings. The smallest absolute Gasteiger partial charge is 0.349 e. The Hall–Kier alpha value is -3.51. The standard InChI is InChI=1S/C22H17ClN4O2/c23-17-8-9-19-18(11-17)21(16-6-2-1-3-7-16)26-22(29)27(19)14-20(28)25-13-15-5-4-10-24-12-15/h1-12H,13-14H2,(H,25,28). The lowest BCUT2D eigenvalue weighted by Crippen LogP contribution is -2.33. The molecule has 0 unspecified atom stereocenters. The van der Waals surface area contributed by atoms with E-state index in [9.17, 15) is 9.59 Å². The summed E-state index contributed by atoms with van der Waals surface area (Å²) in [6, 6.07) is 18.3. The van der Waals surface area contributed by atoms with Crippen LogP contribution in [0.2, 0.25) is 5.02 Å². The number of benzene rings is 2. The van der Waals surface area contributed by atoms with Crippen LogP contribution in [0.5, 0.6) is 0 Å². The van der Waals surface area contributed by atoms with E-state index in [-0.39, 0.29) is 12.5 Å². The first-order valence-electron chi connectivity index (χ1n) is 9.03. The normalized spacial score (nSPS) is 10.8. The van der Waals surface area contributed by atoms with Gasteiger partial charge in [-0.3, -0.25) is 14.3 Å². The minimum absolute atomic E-state index is 0.140. The van der Waals surface area contributed by atoms with Gasteiger partial charge in [0.1, 0.15) is 6.54 Å². The number of carbonyl (C=O) groups is 1. The number of amides is 1. The average molecular weight is 405 g/mol. The van der Waals surface area contributed by atoms with Gasteiger partial charge in [-0.15, -0.1) is 0 Å². The third kappa shape index (κ3) is 4.17. The predicted octanol–water partition coefficient (Wildman–Crippen LogP) is 3.43. The first-order chi connectivity index (χ1) is 14.1. The van der Waals surface area contributed by atoms with Crippen LogP contribution >= 0.6 is 11.6 Å². The molecule has 0 saturated carbocycles. The molecule has 0 saturated heterocycles. The molecule has 0 aliphatic rings. The largest absolute Gasteiger partial charge is 0.350 e. The number of hydrogen-bond donors (Lipinski definition) is 1. The van der Waals surface area contributed by atoms with Crippen LogP contribution in [-0.2, 0) is 17.9 Å². The molecule has 1 amide bonds. The second-order valence-electron chi connectivity index (χ2n) is 6.49. The Balaban J connectivity index is 1.69. The van der Waals surface area contributed by atoms with Crippen molar-refractivity contribution < 1.29 is 4.79 Å². The Morgan fingerprint density at radius 1 is 1.07 bits per heavy atom. The van der Waals surface area contributed by atoms with E-state index in [0.29, 0.717) is 28.2 Å². The topological polar surface area (TPSA) is 76.9 Å². The van der Waals surface area contributed by atoms with Crippen LogP contribution in [0.3, 0.4) is 0 Å². The van der Waals surface area contributed by atoms with Gasteiger partial charge in [0.05, 0.1) is 11.2 Å². The van der Waals surface area contributed by atoms with E-state index < -0.39 is 5.69 Å². The lowest BCUT2D eigenvalue weighted by molar-refractivity contribution is -0.121. The highest BCUT2D eigenvalue weighted by Gasteiger charge is 2.15. The highest BCUT2D eigenvalue weighted by atomic mass is 35.5. The number of fused-ring (bicyclic) bond motifs is 1. The first kappa shape index (κ1) is 18.8. The van der Waals surface area contributed by atoms with Gasteiger partial charge in [0.15, 0.2) is 0 Å². The summed E-state index contributed by atoms with van der Waals surface area (Å²) in [6.45, 7) is 0.194. The Morgan fingerprint density at radius 2 is 1.90 bits per heavy atom. The van der Waals surface area contributed by atoms with Crippen LogP contribution in [0.15, 0.2) is 77.9 Å². The molecule has 1 N–H and O–H groups in total. The quantitative estimate of drug-likeness (QED) is 0.553. The summed E-state index contributed by atoms with van der Waals surface area (Å²) < 4.78 is 1.36. The van der Waals surface area contributed by atoms with Crippen molar-refractivity contribution in [1.29, 1.82) is 0 Å².